The van der Waals surface area contributed by atoms with Gasteiger partial charge in [0.05, 0.1) is 19.3 Å². The van der Waals surface area contributed by atoms with E-state index in [0.717, 1.165) is 32.4 Å². The molecule has 0 aromatic heterocycles. The fourth-order valence-electron chi connectivity index (χ4n) is 3.05. The molecule has 1 aromatic rings. The van der Waals surface area contributed by atoms with E-state index >= 15 is 0 Å². The molecule has 2 rings (SSSR count). The van der Waals surface area contributed by atoms with E-state index in [4.69, 9.17) is 5.11 Å². The van der Waals surface area contributed by atoms with Crippen LogP contribution < -0.4 is 5.32 Å². The van der Waals surface area contributed by atoms with E-state index < -0.39 is 0 Å². The highest BCUT2D eigenvalue weighted by Crippen LogP contribution is 2.11. The Morgan fingerprint density at radius 3 is 2.92 bits per heavy atom. The normalized spacial score (nSPS) is 18.1. The van der Waals surface area contributed by atoms with Gasteiger partial charge in [-0.2, -0.15) is 0 Å². The molecule has 3 N–H and O–H groups in total. The molecule has 0 bridgehead atoms. The number of carbonyl (C=O) groups excluding carboxylic acids is 1. The molecule has 7 heteroatoms. The van der Waals surface area contributed by atoms with Gasteiger partial charge in [-0.05, 0) is 38.4 Å². The third kappa shape index (κ3) is 6.61. The molecule has 0 saturated carbocycles. The van der Waals surface area contributed by atoms with E-state index in [2.05, 4.69) is 10.2 Å². The molecule has 1 heterocycles. The summed E-state index contributed by atoms with van der Waals surface area (Å²) in [6.45, 7) is 3.10. The molecule has 6 nitrogen and oxygen atoms in total. The van der Waals surface area contributed by atoms with E-state index in [1.807, 2.05) is 0 Å². The molecule has 1 saturated heterocycles. The largest absolute Gasteiger partial charge is 0.395 e. The Hall–Kier alpha value is -1.70. The van der Waals surface area contributed by atoms with Crippen LogP contribution >= 0.6 is 0 Å². The van der Waals surface area contributed by atoms with Gasteiger partial charge in [0, 0.05) is 25.2 Å². The summed E-state index contributed by atoms with van der Waals surface area (Å²) in [5, 5.41) is 21.6. The highest BCUT2D eigenvalue weighted by atomic mass is 19.1. The first kappa shape index (κ1) is 19.6. The van der Waals surface area contributed by atoms with Gasteiger partial charge in [-0.15, -0.1) is 0 Å². The zero-order valence-electron chi connectivity index (χ0n) is 14.5. The van der Waals surface area contributed by atoms with Crippen molar-refractivity contribution in [3.05, 3.63) is 35.6 Å². The van der Waals surface area contributed by atoms with Gasteiger partial charge in [0.1, 0.15) is 5.82 Å². The van der Waals surface area contributed by atoms with Crippen LogP contribution in [0.1, 0.15) is 24.8 Å². The summed E-state index contributed by atoms with van der Waals surface area (Å²) in [6, 6.07) is 6.01. The number of aliphatic hydroxyl groups is 2. The molecule has 0 aliphatic carbocycles. The van der Waals surface area contributed by atoms with Crippen molar-refractivity contribution < 1.29 is 19.4 Å². The van der Waals surface area contributed by atoms with E-state index in [-0.39, 0.29) is 37.6 Å². The van der Waals surface area contributed by atoms with Gasteiger partial charge in [0.2, 0.25) is 0 Å². The molecule has 1 aliphatic heterocycles. The number of piperidine rings is 1. The maximum atomic E-state index is 13.8. The molecule has 1 atom stereocenters. The second-order valence-electron chi connectivity index (χ2n) is 6.42. The number of nitrogens with zero attached hydrogens (tertiary/aromatic N) is 2. The zero-order valence-corrected chi connectivity index (χ0v) is 14.5. The smallest absolute Gasteiger partial charge is 0.317 e. The van der Waals surface area contributed by atoms with Crippen molar-refractivity contribution in [2.75, 3.05) is 39.3 Å². The number of likely N-dealkylation sites (tertiary alicyclic amines) is 1. The second kappa shape index (κ2) is 10.3. The summed E-state index contributed by atoms with van der Waals surface area (Å²) < 4.78 is 13.8. The topological polar surface area (TPSA) is 76.0 Å². The van der Waals surface area contributed by atoms with Crippen LogP contribution in [0.15, 0.2) is 24.3 Å². The molecule has 1 fully saturated rings. The molecule has 25 heavy (non-hydrogen) atoms. The number of hydrogen-bond acceptors (Lipinski definition) is 4. The molecule has 0 radical (unpaired) electrons. The fraction of sp³-hybridized carbons (Fsp3) is 0.611. The quantitative estimate of drug-likeness (QED) is 0.614. The number of rotatable bonds is 8. The van der Waals surface area contributed by atoms with Gasteiger partial charge in [0.15, 0.2) is 0 Å². The van der Waals surface area contributed by atoms with Crippen molar-refractivity contribution in [3.63, 3.8) is 0 Å². The molecular weight excluding hydrogens is 325 g/mol. The van der Waals surface area contributed by atoms with Crippen molar-refractivity contribution >= 4 is 6.03 Å². The number of β-amino-alcohol motifs (C(OH)–C–C–N with tert-alkyl or cyclic N) is 1. The first-order valence-electron chi connectivity index (χ1n) is 8.87. The third-order valence-electron chi connectivity index (χ3n) is 4.38. The predicted octanol–water partition coefficient (Wildman–Crippen LogP) is 1.18. The highest BCUT2D eigenvalue weighted by molar-refractivity contribution is 5.74. The van der Waals surface area contributed by atoms with Crippen LogP contribution in [-0.2, 0) is 6.54 Å². The molecule has 140 valence electrons. The monoisotopic (exact) mass is 353 g/mol. The van der Waals surface area contributed by atoms with E-state index in [0.29, 0.717) is 18.7 Å². The lowest BCUT2D eigenvalue weighted by Gasteiger charge is -2.30. The van der Waals surface area contributed by atoms with Gasteiger partial charge in [-0.1, -0.05) is 18.2 Å². The van der Waals surface area contributed by atoms with E-state index in [9.17, 15) is 14.3 Å². The average Bonchev–Trinajstić information content (AvgIpc) is 2.60. The second-order valence-corrected chi connectivity index (χ2v) is 6.42. The van der Waals surface area contributed by atoms with Gasteiger partial charge < -0.3 is 25.3 Å². The van der Waals surface area contributed by atoms with Gasteiger partial charge in [-0.25, -0.2) is 9.18 Å². The number of nitrogens with one attached hydrogen (secondary N) is 1. The lowest BCUT2D eigenvalue weighted by molar-refractivity contribution is 0.0701. The number of aliphatic hydroxyl groups excluding tert-OH is 2. The van der Waals surface area contributed by atoms with Crippen molar-refractivity contribution in [2.24, 2.45) is 0 Å². The number of amides is 2. The standard InChI is InChI=1S/C18H28FN3O3/c19-17-7-2-1-5-15(17)13-22(11-12-23)18(25)20-8-4-10-21-9-3-6-16(24)14-21/h1-2,5,7,16,23-24H,3-4,6,8-14H2,(H,20,25)/t16-/m1/s1. The number of urea groups is 1. The van der Waals surface area contributed by atoms with Crippen LogP contribution in [0, 0.1) is 5.82 Å². The van der Waals surface area contributed by atoms with Gasteiger partial charge in [0.25, 0.3) is 0 Å². The highest BCUT2D eigenvalue weighted by Gasteiger charge is 2.18. The lowest BCUT2D eigenvalue weighted by atomic mass is 10.1. The van der Waals surface area contributed by atoms with E-state index in [1.165, 1.54) is 11.0 Å². The molecule has 0 spiro atoms. The van der Waals surface area contributed by atoms with Gasteiger partial charge in [-0.3, -0.25) is 0 Å². The fourth-order valence-corrected chi connectivity index (χ4v) is 3.05. The number of benzene rings is 1. The van der Waals surface area contributed by atoms with Crippen LogP contribution in [-0.4, -0.2) is 71.5 Å². The first-order valence-corrected chi connectivity index (χ1v) is 8.87. The lowest BCUT2D eigenvalue weighted by Crippen LogP contribution is -2.43. The summed E-state index contributed by atoms with van der Waals surface area (Å²) in [5.74, 6) is -0.359. The first-order chi connectivity index (χ1) is 12.1. The number of halogens is 1. The predicted molar refractivity (Wildman–Crippen MR) is 93.6 cm³/mol. The number of hydrogen-bond donors (Lipinski definition) is 3. The zero-order chi connectivity index (χ0) is 18.1. The van der Waals surface area contributed by atoms with Crippen molar-refractivity contribution in [1.29, 1.82) is 0 Å². The Balaban J connectivity index is 1.75. The summed E-state index contributed by atoms with van der Waals surface area (Å²) in [7, 11) is 0. The minimum absolute atomic E-state index is 0.122. The van der Waals surface area contributed by atoms with Crippen molar-refractivity contribution in [2.45, 2.75) is 31.9 Å². The number of carbonyl (C=O) groups is 1. The molecule has 1 aliphatic rings. The Labute approximate surface area is 148 Å². The van der Waals surface area contributed by atoms with Crippen molar-refractivity contribution in [3.8, 4) is 0 Å². The summed E-state index contributed by atoms with van der Waals surface area (Å²) >= 11 is 0. The van der Waals surface area contributed by atoms with Crippen molar-refractivity contribution in [1.82, 2.24) is 15.1 Å². The third-order valence-corrected chi connectivity index (χ3v) is 4.38. The summed E-state index contributed by atoms with van der Waals surface area (Å²) in [4.78, 5) is 15.9. The average molecular weight is 353 g/mol. The Morgan fingerprint density at radius 1 is 1.40 bits per heavy atom. The van der Waals surface area contributed by atoms with Crippen LogP contribution in [0.4, 0.5) is 9.18 Å². The van der Waals surface area contributed by atoms with Crippen LogP contribution in [0.25, 0.3) is 0 Å². The Bertz CT molecular complexity index is 544. The minimum atomic E-state index is -0.359. The summed E-state index contributed by atoms with van der Waals surface area (Å²) in [5.41, 5.74) is 0.424. The van der Waals surface area contributed by atoms with Crippen LogP contribution in [0.2, 0.25) is 0 Å². The van der Waals surface area contributed by atoms with E-state index in [1.54, 1.807) is 18.2 Å². The molecular formula is C18H28FN3O3. The van der Waals surface area contributed by atoms with Gasteiger partial charge >= 0.3 is 6.03 Å². The Morgan fingerprint density at radius 2 is 2.20 bits per heavy atom. The van der Waals surface area contributed by atoms with Crippen LogP contribution in [0.5, 0.6) is 0 Å². The van der Waals surface area contributed by atoms with Crippen LogP contribution in [0.3, 0.4) is 0 Å². The molecule has 1 aromatic carbocycles. The maximum Gasteiger partial charge on any atom is 0.317 e. The maximum absolute atomic E-state index is 13.8. The minimum Gasteiger partial charge on any atom is -0.395 e. The molecule has 2 amide bonds. The summed E-state index contributed by atoms with van der Waals surface area (Å²) in [6.07, 6.45) is 2.40. The molecule has 0 unspecified atom stereocenters. The SMILES string of the molecule is O=C(NCCCN1CCC[C@@H](O)C1)N(CCO)Cc1ccccc1F. The Kier molecular flexibility index (Phi) is 8.11.